The molecule has 4 heteroatoms. The fraction of sp³-hybridized carbons (Fsp3) is 0.105. The Labute approximate surface area is 139 Å². The van der Waals surface area contributed by atoms with Crippen LogP contribution in [-0.4, -0.2) is 13.1 Å². The van der Waals surface area contributed by atoms with E-state index in [0.717, 1.165) is 12.1 Å². The molecule has 0 N–H and O–H groups in total. The molecule has 3 rings (SSSR count). The van der Waals surface area contributed by atoms with Crippen molar-refractivity contribution >= 4 is 23.1 Å². The maximum atomic E-state index is 12.2. The van der Waals surface area contributed by atoms with Crippen LogP contribution in [0.3, 0.4) is 0 Å². The lowest BCUT2D eigenvalue weighted by Crippen LogP contribution is -2.29. The Morgan fingerprint density at radius 1 is 1.00 bits per heavy atom. The van der Waals surface area contributed by atoms with E-state index in [1.807, 2.05) is 54.6 Å². The molecule has 0 spiro atoms. The fourth-order valence-corrected chi connectivity index (χ4v) is 2.96. The summed E-state index contributed by atoms with van der Waals surface area (Å²) < 4.78 is 5.41. The molecule has 0 unspecified atom stereocenters. The second kappa shape index (κ2) is 7.11. The SMILES string of the molecule is CN(C(=O)Oc1ccc(Cc2cccs2)cc1)c1ccccc1. The van der Waals surface area contributed by atoms with Crippen molar-refractivity contribution in [1.82, 2.24) is 0 Å². The van der Waals surface area contributed by atoms with Crippen molar-refractivity contribution in [3.8, 4) is 5.75 Å². The zero-order valence-electron chi connectivity index (χ0n) is 12.8. The summed E-state index contributed by atoms with van der Waals surface area (Å²) in [6, 6.07) is 21.2. The lowest BCUT2D eigenvalue weighted by Gasteiger charge is -2.16. The predicted octanol–water partition coefficient (Wildman–Crippen LogP) is 4.97. The van der Waals surface area contributed by atoms with Gasteiger partial charge in [0.05, 0.1) is 0 Å². The van der Waals surface area contributed by atoms with E-state index >= 15 is 0 Å². The van der Waals surface area contributed by atoms with Gasteiger partial charge in [-0.15, -0.1) is 11.3 Å². The number of anilines is 1. The molecule has 2 aromatic carbocycles. The Kier molecular flexibility index (Phi) is 4.74. The molecule has 23 heavy (non-hydrogen) atoms. The number of amides is 1. The van der Waals surface area contributed by atoms with Crippen molar-refractivity contribution in [2.75, 3.05) is 11.9 Å². The van der Waals surface area contributed by atoms with Gasteiger partial charge >= 0.3 is 6.09 Å². The van der Waals surface area contributed by atoms with Crippen LogP contribution < -0.4 is 9.64 Å². The quantitative estimate of drug-likeness (QED) is 0.678. The van der Waals surface area contributed by atoms with Crippen LogP contribution in [0, 0.1) is 0 Å². The van der Waals surface area contributed by atoms with E-state index < -0.39 is 6.09 Å². The third kappa shape index (κ3) is 3.99. The predicted molar refractivity (Wildman–Crippen MR) is 94.4 cm³/mol. The molecule has 1 heterocycles. The van der Waals surface area contributed by atoms with Crippen LogP contribution in [0.1, 0.15) is 10.4 Å². The van der Waals surface area contributed by atoms with E-state index in [1.54, 1.807) is 18.4 Å². The summed E-state index contributed by atoms with van der Waals surface area (Å²) in [4.78, 5) is 15.0. The summed E-state index contributed by atoms with van der Waals surface area (Å²) in [5, 5.41) is 2.07. The number of hydrogen-bond acceptors (Lipinski definition) is 3. The molecule has 0 fully saturated rings. The Hall–Kier alpha value is -2.59. The number of para-hydroxylation sites is 1. The van der Waals surface area contributed by atoms with E-state index in [9.17, 15) is 4.79 Å². The van der Waals surface area contributed by atoms with Crippen molar-refractivity contribution in [3.05, 3.63) is 82.6 Å². The summed E-state index contributed by atoms with van der Waals surface area (Å²) in [5.41, 5.74) is 2.00. The summed E-state index contributed by atoms with van der Waals surface area (Å²) in [7, 11) is 1.70. The number of nitrogens with zero attached hydrogens (tertiary/aromatic N) is 1. The number of carbonyl (C=O) groups is 1. The first-order chi connectivity index (χ1) is 11.2. The molecule has 0 aliphatic rings. The number of hydrogen-bond donors (Lipinski definition) is 0. The van der Waals surface area contributed by atoms with Crippen molar-refractivity contribution in [2.24, 2.45) is 0 Å². The lowest BCUT2D eigenvalue weighted by atomic mass is 10.1. The minimum atomic E-state index is -0.401. The molecule has 3 aromatic rings. The molecule has 0 aliphatic carbocycles. The average Bonchev–Trinajstić information content (AvgIpc) is 3.10. The van der Waals surface area contributed by atoms with Gasteiger partial charge in [0.1, 0.15) is 5.75 Å². The lowest BCUT2D eigenvalue weighted by molar-refractivity contribution is 0.209. The summed E-state index contributed by atoms with van der Waals surface area (Å²) in [6.07, 6.45) is 0.498. The molecule has 0 saturated heterocycles. The van der Waals surface area contributed by atoms with Gasteiger partial charge in [-0.2, -0.15) is 0 Å². The van der Waals surface area contributed by atoms with Crippen molar-refractivity contribution in [1.29, 1.82) is 0 Å². The van der Waals surface area contributed by atoms with Crippen LogP contribution in [0.5, 0.6) is 5.75 Å². The molecule has 3 nitrogen and oxygen atoms in total. The molecule has 1 amide bonds. The van der Waals surface area contributed by atoms with Gasteiger partial charge < -0.3 is 4.74 Å². The monoisotopic (exact) mass is 323 g/mol. The highest BCUT2D eigenvalue weighted by atomic mass is 32.1. The van der Waals surface area contributed by atoms with Crippen molar-refractivity contribution in [2.45, 2.75) is 6.42 Å². The highest BCUT2D eigenvalue weighted by Crippen LogP contribution is 2.19. The molecule has 0 atom stereocenters. The third-order valence-corrected chi connectivity index (χ3v) is 4.38. The molecule has 0 aliphatic heterocycles. The van der Waals surface area contributed by atoms with E-state index in [1.165, 1.54) is 15.3 Å². The normalized spacial score (nSPS) is 10.3. The Morgan fingerprint density at radius 2 is 1.74 bits per heavy atom. The summed E-state index contributed by atoms with van der Waals surface area (Å²) >= 11 is 1.74. The number of carbonyl (C=O) groups excluding carboxylic acids is 1. The maximum Gasteiger partial charge on any atom is 0.419 e. The third-order valence-electron chi connectivity index (χ3n) is 3.50. The molecular formula is C19H17NO2S. The van der Waals surface area contributed by atoms with Crippen LogP contribution in [0.25, 0.3) is 0 Å². The summed E-state index contributed by atoms with van der Waals surface area (Å²) in [6.45, 7) is 0. The van der Waals surface area contributed by atoms with Gasteiger partial charge in [0.25, 0.3) is 0 Å². The van der Waals surface area contributed by atoms with Crippen molar-refractivity contribution < 1.29 is 9.53 Å². The second-order valence-electron chi connectivity index (χ2n) is 5.16. The van der Waals surface area contributed by atoms with Gasteiger partial charge in [0.15, 0.2) is 0 Å². The standard InChI is InChI=1S/C19H17NO2S/c1-20(16-6-3-2-4-7-16)19(21)22-17-11-9-15(10-12-17)14-18-8-5-13-23-18/h2-13H,14H2,1H3. The zero-order chi connectivity index (χ0) is 16.1. The molecular weight excluding hydrogens is 306 g/mol. The van der Waals surface area contributed by atoms with Gasteiger partial charge in [0.2, 0.25) is 0 Å². The van der Waals surface area contributed by atoms with Crippen LogP contribution in [0.4, 0.5) is 10.5 Å². The molecule has 0 saturated carbocycles. The average molecular weight is 323 g/mol. The topological polar surface area (TPSA) is 29.5 Å². The van der Waals surface area contributed by atoms with E-state index in [-0.39, 0.29) is 0 Å². The number of ether oxygens (including phenoxy) is 1. The van der Waals surface area contributed by atoms with E-state index in [2.05, 4.69) is 17.5 Å². The van der Waals surface area contributed by atoms with E-state index in [4.69, 9.17) is 4.74 Å². The zero-order valence-corrected chi connectivity index (χ0v) is 13.6. The molecule has 116 valence electrons. The first kappa shape index (κ1) is 15.3. The first-order valence-corrected chi connectivity index (χ1v) is 8.22. The van der Waals surface area contributed by atoms with Crippen molar-refractivity contribution in [3.63, 3.8) is 0 Å². The van der Waals surface area contributed by atoms with Gasteiger partial charge in [-0.3, -0.25) is 4.90 Å². The van der Waals surface area contributed by atoms with Crippen LogP contribution in [0.15, 0.2) is 72.1 Å². The first-order valence-electron chi connectivity index (χ1n) is 7.34. The molecule has 1 aromatic heterocycles. The highest BCUT2D eigenvalue weighted by Gasteiger charge is 2.12. The van der Waals surface area contributed by atoms with Crippen LogP contribution in [0.2, 0.25) is 0 Å². The van der Waals surface area contributed by atoms with Gasteiger partial charge in [-0.1, -0.05) is 36.4 Å². The maximum absolute atomic E-state index is 12.2. The van der Waals surface area contributed by atoms with Crippen LogP contribution >= 0.6 is 11.3 Å². The van der Waals surface area contributed by atoms with Gasteiger partial charge in [0, 0.05) is 24.0 Å². The highest BCUT2D eigenvalue weighted by molar-refractivity contribution is 7.09. The smallest absolute Gasteiger partial charge is 0.410 e. The fourth-order valence-electron chi connectivity index (χ4n) is 2.22. The second-order valence-corrected chi connectivity index (χ2v) is 6.19. The Bertz CT molecular complexity index is 752. The van der Waals surface area contributed by atoms with Gasteiger partial charge in [-0.05, 0) is 41.3 Å². The minimum Gasteiger partial charge on any atom is -0.410 e. The molecule has 0 radical (unpaired) electrons. The van der Waals surface area contributed by atoms with Gasteiger partial charge in [-0.25, -0.2) is 4.79 Å². The van der Waals surface area contributed by atoms with Crippen LogP contribution in [-0.2, 0) is 6.42 Å². The molecule has 0 bridgehead atoms. The minimum absolute atomic E-state index is 0.401. The number of thiophene rings is 1. The summed E-state index contributed by atoms with van der Waals surface area (Å²) in [5.74, 6) is 0.549. The number of rotatable bonds is 4. The van der Waals surface area contributed by atoms with E-state index in [0.29, 0.717) is 5.75 Å². The Balaban J connectivity index is 1.62. The number of benzene rings is 2. The largest absolute Gasteiger partial charge is 0.419 e. The Morgan fingerprint density at radius 3 is 2.39 bits per heavy atom.